The van der Waals surface area contributed by atoms with Crippen LogP contribution >= 0.6 is 0 Å². The van der Waals surface area contributed by atoms with Crippen LogP contribution in [0.25, 0.3) is 0 Å². The third kappa shape index (κ3) is 8.58. The second-order valence-electron chi connectivity index (χ2n) is 8.83. The third-order valence-corrected chi connectivity index (χ3v) is 6.41. The highest BCUT2D eigenvalue weighted by atomic mass is 16.5. The fourth-order valence-corrected chi connectivity index (χ4v) is 4.50. The molecule has 3 rings (SSSR count). The Balaban J connectivity index is 1.35. The number of aliphatic imine (C=N–C) groups is 1. The van der Waals surface area contributed by atoms with Crippen molar-refractivity contribution in [1.82, 2.24) is 20.0 Å². The molecule has 1 N–H and O–H groups in total. The first-order chi connectivity index (χ1) is 15.3. The number of hydrogen-bond donors (Lipinski definition) is 1. The summed E-state index contributed by atoms with van der Waals surface area (Å²) in [6, 6.07) is 0. The molecule has 3 saturated heterocycles. The molecule has 0 unspecified atom stereocenters. The highest BCUT2D eigenvalue weighted by Crippen LogP contribution is 2.12. The van der Waals surface area contributed by atoms with Gasteiger partial charge in [-0.2, -0.15) is 0 Å². The summed E-state index contributed by atoms with van der Waals surface area (Å²) in [6.45, 7) is 12.3. The van der Waals surface area contributed by atoms with Gasteiger partial charge in [-0.3, -0.25) is 14.7 Å². The molecule has 0 radical (unpaired) electrons. The SMILES string of the molecule is CCNC(=NCCCOC1CCOCC1)N1CCN(CC(=O)N2CCCCCC2)CC1. The second-order valence-corrected chi connectivity index (χ2v) is 8.83. The quantitative estimate of drug-likeness (QED) is 0.353. The standard InChI is InChI=1S/C23H43N5O3/c1-2-24-23(25-10-7-17-31-21-8-18-30-19-9-21)28-15-13-26(14-16-28)20-22(29)27-11-5-3-4-6-12-27/h21H,2-20H2,1H3,(H,24,25). The molecule has 0 aromatic rings. The molecule has 8 nitrogen and oxygen atoms in total. The molecule has 0 atom stereocenters. The average Bonchev–Trinajstić information content (AvgIpc) is 3.09. The summed E-state index contributed by atoms with van der Waals surface area (Å²) in [5.41, 5.74) is 0. The summed E-state index contributed by atoms with van der Waals surface area (Å²) >= 11 is 0. The van der Waals surface area contributed by atoms with Crippen LogP contribution in [-0.2, 0) is 14.3 Å². The first kappa shape index (κ1) is 24.3. The minimum atomic E-state index is 0.306. The third-order valence-electron chi connectivity index (χ3n) is 6.41. The second kappa shape index (κ2) is 13.9. The number of carbonyl (C=O) groups is 1. The molecule has 31 heavy (non-hydrogen) atoms. The van der Waals surface area contributed by atoms with E-state index in [2.05, 4.69) is 26.9 Å². The van der Waals surface area contributed by atoms with Crippen molar-refractivity contribution in [1.29, 1.82) is 0 Å². The number of likely N-dealkylation sites (tertiary alicyclic amines) is 1. The molecule has 178 valence electrons. The summed E-state index contributed by atoms with van der Waals surface area (Å²) in [4.78, 5) is 24.2. The van der Waals surface area contributed by atoms with Gasteiger partial charge in [0.25, 0.3) is 0 Å². The van der Waals surface area contributed by atoms with Gasteiger partial charge in [-0.1, -0.05) is 12.8 Å². The van der Waals surface area contributed by atoms with E-state index in [-0.39, 0.29) is 0 Å². The van der Waals surface area contributed by atoms with Crippen LogP contribution in [0.4, 0.5) is 0 Å². The highest BCUT2D eigenvalue weighted by molar-refractivity contribution is 5.80. The van der Waals surface area contributed by atoms with Gasteiger partial charge in [-0.25, -0.2) is 0 Å². The van der Waals surface area contributed by atoms with E-state index in [1.54, 1.807) is 0 Å². The van der Waals surface area contributed by atoms with Crippen LogP contribution in [0.3, 0.4) is 0 Å². The molecule has 0 saturated carbocycles. The van der Waals surface area contributed by atoms with Crippen molar-refractivity contribution in [3.63, 3.8) is 0 Å². The largest absolute Gasteiger partial charge is 0.381 e. The van der Waals surface area contributed by atoms with Gasteiger partial charge in [0.05, 0.1) is 12.6 Å². The summed E-state index contributed by atoms with van der Waals surface area (Å²) < 4.78 is 11.3. The monoisotopic (exact) mass is 437 g/mol. The van der Waals surface area contributed by atoms with E-state index in [1.807, 2.05) is 0 Å². The van der Waals surface area contributed by atoms with Crippen LogP contribution in [0.1, 0.15) is 51.9 Å². The Labute approximate surface area is 188 Å². The molecule has 0 aromatic heterocycles. The van der Waals surface area contributed by atoms with E-state index in [9.17, 15) is 4.79 Å². The van der Waals surface area contributed by atoms with Gasteiger partial charge in [-0.15, -0.1) is 0 Å². The zero-order valence-corrected chi connectivity index (χ0v) is 19.5. The maximum Gasteiger partial charge on any atom is 0.236 e. The molecule has 3 heterocycles. The molecule has 1 amide bonds. The van der Waals surface area contributed by atoms with Crippen molar-refractivity contribution >= 4 is 11.9 Å². The number of guanidine groups is 1. The zero-order chi connectivity index (χ0) is 21.7. The summed E-state index contributed by atoms with van der Waals surface area (Å²) in [5, 5.41) is 3.43. The molecule has 0 aromatic carbocycles. The Morgan fingerprint density at radius 3 is 2.39 bits per heavy atom. The van der Waals surface area contributed by atoms with Gasteiger partial charge in [0, 0.05) is 72.2 Å². The van der Waals surface area contributed by atoms with Crippen molar-refractivity contribution in [2.75, 3.05) is 78.7 Å². The minimum Gasteiger partial charge on any atom is -0.381 e. The smallest absolute Gasteiger partial charge is 0.236 e. The van der Waals surface area contributed by atoms with Gasteiger partial charge >= 0.3 is 0 Å². The van der Waals surface area contributed by atoms with Gasteiger partial charge < -0.3 is 24.6 Å². The Morgan fingerprint density at radius 1 is 1.00 bits per heavy atom. The first-order valence-electron chi connectivity index (χ1n) is 12.5. The first-order valence-corrected chi connectivity index (χ1v) is 12.5. The van der Waals surface area contributed by atoms with Gasteiger partial charge in [0.1, 0.15) is 0 Å². The van der Waals surface area contributed by atoms with E-state index in [1.165, 1.54) is 12.8 Å². The number of amides is 1. The Kier molecular flexibility index (Phi) is 10.9. The lowest BCUT2D eigenvalue weighted by atomic mass is 10.1. The van der Waals surface area contributed by atoms with E-state index < -0.39 is 0 Å². The van der Waals surface area contributed by atoms with Crippen molar-refractivity contribution in [3.05, 3.63) is 0 Å². The molecule has 0 aliphatic carbocycles. The molecule has 3 aliphatic heterocycles. The fourth-order valence-electron chi connectivity index (χ4n) is 4.50. The molecule has 0 spiro atoms. The molecule has 8 heteroatoms. The maximum absolute atomic E-state index is 12.7. The van der Waals surface area contributed by atoms with Crippen LogP contribution in [0, 0.1) is 0 Å². The zero-order valence-electron chi connectivity index (χ0n) is 19.5. The lowest BCUT2D eigenvalue weighted by Gasteiger charge is -2.37. The highest BCUT2D eigenvalue weighted by Gasteiger charge is 2.23. The van der Waals surface area contributed by atoms with Gasteiger partial charge in [0.15, 0.2) is 5.96 Å². The van der Waals surface area contributed by atoms with E-state index in [4.69, 9.17) is 14.5 Å². The predicted octanol–water partition coefficient (Wildman–Crippen LogP) is 1.56. The van der Waals surface area contributed by atoms with Gasteiger partial charge in [-0.05, 0) is 39.0 Å². The Bertz CT molecular complexity index is 537. The van der Waals surface area contributed by atoms with E-state index in [0.29, 0.717) is 18.6 Å². The molecule has 0 bridgehead atoms. The molecular weight excluding hydrogens is 394 g/mol. The molecule has 3 aliphatic rings. The maximum atomic E-state index is 12.7. The predicted molar refractivity (Wildman–Crippen MR) is 123 cm³/mol. The molecule has 3 fully saturated rings. The fraction of sp³-hybridized carbons (Fsp3) is 0.913. The van der Waals surface area contributed by atoms with Crippen LogP contribution in [0.15, 0.2) is 4.99 Å². The topological polar surface area (TPSA) is 69.6 Å². The number of ether oxygens (including phenoxy) is 2. The average molecular weight is 438 g/mol. The van der Waals surface area contributed by atoms with Crippen molar-refractivity contribution in [2.24, 2.45) is 4.99 Å². The summed E-state index contributed by atoms with van der Waals surface area (Å²) in [5.74, 6) is 1.30. The number of nitrogens with one attached hydrogen (secondary N) is 1. The number of rotatable bonds is 8. The number of nitrogens with zero attached hydrogens (tertiary/aromatic N) is 4. The summed E-state index contributed by atoms with van der Waals surface area (Å²) in [6.07, 6.45) is 8.15. The van der Waals surface area contributed by atoms with Crippen LogP contribution < -0.4 is 5.32 Å². The molecular formula is C23H43N5O3. The number of piperazine rings is 1. The van der Waals surface area contributed by atoms with Crippen LogP contribution in [-0.4, -0.2) is 111 Å². The normalized spacial score (nSPS) is 22.4. The van der Waals surface area contributed by atoms with E-state index >= 15 is 0 Å². The van der Waals surface area contributed by atoms with Gasteiger partial charge in [0.2, 0.25) is 5.91 Å². The van der Waals surface area contributed by atoms with Crippen molar-refractivity contribution in [3.8, 4) is 0 Å². The van der Waals surface area contributed by atoms with Crippen LogP contribution in [0.2, 0.25) is 0 Å². The lowest BCUT2D eigenvalue weighted by Crippen LogP contribution is -2.54. The Morgan fingerprint density at radius 2 is 1.71 bits per heavy atom. The van der Waals surface area contributed by atoms with Crippen LogP contribution in [0.5, 0.6) is 0 Å². The minimum absolute atomic E-state index is 0.306. The number of hydrogen-bond acceptors (Lipinski definition) is 5. The van der Waals surface area contributed by atoms with E-state index in [0.717, 1.165) is 110 Å². The Hall–Kier alpha value is -1.38. The van der Waals surface area contributed by atoms with Crippen molar-refractivity contribution in [2.45, 2.75) is 58.0 Å². The summed E-state index contributed by atoms with van der Waals surface area (Å²) in [7, 11) is 0. The number of carbonyl (C=O) groups excluding carboxylic acids is 1. The lowest BCUT2D eigenvalue weighted by molar-refractivity contribution is -0.132. The van der Waals surface area contributed by atoms with Crippen molar-refractivity contribution < 1.29 is 14.3 Å².